The minimum Gasteiger partial charge on any atom is -0.472 e. The average Bonchev–Trinajstić information content (AvgIpc) is 2.49. The Balaban J connectivity index is 2.45. The Hall–Kier alpha value is -0.0200. The van der Waals surface area contributed by atoms with Gasteiger partial charge in [-0.1, -0.05) is 56.2 Å². The summed E-state index contributed by atoms with van der Waals surface area (Å²) in [4.78, 5) is 0. The van der Waals surface area contributed by atoms with Crippen molar-refractivity contribution in [2.75, 3.05) is 0 Å². The SMILES string of the molecule is CC(C)Cc1cocc1CSSC(C)(C)C. The van der Waals surface area contributed by atoms with Crippen LogP contribution in [-0.2, 0) is 12.2 Å². The van der Waals surface area contributed by atoms with Gasteiger partial charge in [-0.05, 0) is 17.9 Å². The van der Waals surface area contributed by atoms with E-state index < -0.39 is 0 Å². The molecule has 16 heavy (non-hydrogen) atoms. The molecule has 3 heteroatoms. The lowest BCUT2D eigenvalue weighted by atomic mass is 10.0. The van der Waals surface area contributed by atoms with E-state index in [2.05, 4.69) is 34.6 Å². The second-order valence-corrected chi connectivity index (χ2v) is 8.60. The highest BCUT2D eigenvalue weighted by molar-refractivity contribution is 8.76. The summed E-state index contributed by atoms with van der Waals surface area (Å²) in [7, 11) is 3.85. The zero-order chi connectivity index (χ0) is 12.2. The van der Waals surface area contributed by atoms with Crippen molar-refractivity contribution < 1.29 is 4.42 Å². The predicted octanol–water partition coefficient (Wildman–Crippen LogP) is 5.16. The molecule has 0 radical (unpaired) electrons. The van der Waals surface area contributed by atoms with Gasteiger partial charge in [-0.25, -0.2) is 0 Å². The van der Waals surface area contributed by atoms with Gasteiger partial charge in [0.25, 0.3) is 0 Å². The first-order valence-corrected chi connectivity index (χ1v) is 8.05. The van der Waals surface area contributed by atoms with Crippen LogP contribution >= 0.6 is 21.6 Å². The lowest BCUT2D eigenvalue weighted by Gasteiger charge is -2.16. The van der Waals surface area contributed by atoms with Gasteiger partial charge in [0.05, 0.1) is 12.5 Å². The number of rotatable bonds is 5. The summed E-state index contributed by atoms with van der Waals surface area (Å²) in [5, 5.41) is 0. The molecule has 0 amide bonds. The van der Waals surface area contributed by atoms with Crippen LogP contribution in [0, 0.1) is 5.92 Å². The molecule has 1 nitrogen and oxygen atoms in total. The van der Waals surface area contributed by atoms with Crippen molar-refractivity contribution in [2.45, 2.75) is 51.5 Å². The zero-order valence-electron chi connectivity index (χ0n) is 10.9. The Morgan fingerprint density at radius 1 is 1.19 bits per heavy atom. The Morgan fingerprint density at radius 2 is 1.81 bits per heavy atom. The van der Waals surface area contributed by atoms with Gasteiger partial charge in [-0.2, -0.15) is 0 Å². The van der Waals surface area contributed by atoms with Crippen molar-refractivity contribution in [1.29, 1.82) is 0 Å². The minimum atomic E-state index is 0.326. The van der Waals surface area contributed by atoms with Crippen LogP contribution in [0.5, 0.6) is 0 Å². The van der Waals surface area contributed by atoms with Crippen molar-refractivity contribution in [1.82, 2.24) is 0 Å². The van der Waals surface area contributed by atoms with Crippen molar-refractivity contribution in [3.8, 4) is 0 Å². The fourth-order valence-electron chi connectivity index (χ4n) is 1.37. The lowest BCUT2D eigenvalue weighted by molar-refractivity contribution is 0.556. The molecule has 1 aromatic heterocycles. The molecule has 0 saturated carbocycles. The summed E-state index contributed by atoms with van der Waals surface area (Å²) in [5.74, 6) is 1.73. The van der Waals surface area contributed by atoms with Gasteiger partial charge in [-0.15, -0.1) is 0 Å². The Morgan fingerprint density at radius 3 is 2.38 bits per heavy atom. The highest BCUT2D eigenvalue weighted by Crippen LogP contribution is 2.37. The average molecular weight is 258 g/mol. The molecule has 0 unspecified atom stereocenters. The maximum atomic E-state index is 5.31. The molecule has 0 aliphatic carbocycles. The molecule has 1 aromatic rings. The summed E-state index contributed by atoms with van der Waals surface area (Å²) in [6, 6.07) is 0. The van der Waals surface area contributed by atoms with E-state index in [1.165, 1.54) is 11.1 Å². The molecule has 0 aliphatic rings. The van der Waals surface area contributed by atoms with Gasteiger partial charge in [0.15, 0.2) is 0 Å². The summed E-state index contributed by atoms with van der Waals surface area (Å²) in [6.45, 7) is 11.2. The smallest absolute Gasteiger partial charge is 0.0946 e. The highest BCUT2D eigenvalue weighted by atomic mass is 33.1. The van der Waals surface area contributed by atoms with Gasteiger partial charge in [0.1, 0.15) is 0 Å². The van der Waals surface area contributed by atoms with Gasteiger partial charge >= 0.3 is 0 Å². The van der Waals surface area contributed by atoms with E-state index in [0.29, 0.717) is 10.7 Å². The third kappa shape index (κ3) is 5.35. The van der Waals surface area contributed by atoms with Crippen molar-refractivity contribution in [3.63, 3.8) is 0 Å². The summed E-state index contributed by atoms with van der Waals surface area (Å²) in [6.07, 6.45) is 4.91. The largest absolute Gasteiger partial charge is 0.472 e. The second-order valence-electron chi connectivity index (χ2n) is 5.48. The Labute approximate surface area is 107 Å². The maximum Gasteiger partial charge on any atom is 0.0946 e. The molecule has 1 rings (SSSR count). The molecule has 0 N–H and O–H groups in total. The number of hydrogen-bond donors (Lipinski definition) is 0. The Bertz CT molecular complexity index is 310. The van der Waals surface area contributed by atoms with Crippen molar-refractivity contribution >= 4 is 21.6 Å². The molecule has 92 valence electrons. The van der Waals surface area contributed by atoms with Gasteiger partial charge < -0.3 is 4.42 Å². The van der Waals surface area contributed by atoms with Crippen LogP contribution < -0.4 is 0 Å². The zero-order valence-corrected chi connectivity index (χ0v) is 12.5. The molecule has 0 spiro atoms. The van der Waals surface area contributed by atoms with Crippen LogP contribution in [0.25, 0.3) is 0 Å². The van der Waals surface area contributed by atoms with Crippen LogP contribution in [0.3, 0.4) is 0 Å². The quantitative estimate of drug-likeness (QED) is 0.677. The van der Waals surface area contributed by atoms with Gasteiger partial charge in [0.2, 0.25) is 0 Å². The first kappa shape index (κ1) is 14.0. The first-order chi connectivity index (χ1) is 7.38. The predicted molar refractivity (Wildman–Crippen MR) is 75.9 cm³/mol. The minimum absolute atomic E-state index is 0.326. The number of hydrogen-bond acceptors (Lipinski definition) is 3. The molecule has 0 bridgehead atoms. The number of furan rings is 1. The first-order valence-electron chi connectivity index (χ1n) is 5.73. The molecule has 1 heterocycles. The van der Waals surface area contributed by atoms with Gasteiger partial charge in [0, 0.05) is 16.1 Å². The summed E-state index contributed by atoms with van der Waals surface area (Å²) < 4.78 is 5.63. The fourth-order valence-corrected chi connectivity index (χ4v) is 3.78. The molecule has 0 saturated heterocycles. The molecule has 0 aromatic carbocycles. The molecular weight excluding hydrogens is 236 g/mol. The van der Waals surface area contributed by atoms with Crippen LogP contribution in [0.2, 0.25) is 0 Å². The van der Waals surface area contributed by atoms with E-state index in [1.807, 2.05) is 34.1 Å². The van der Waals surface area contributed by atoms with Crippen LogP contribution in [0.1, 0.15) is 45.7 Å². The Kier molecular flexibility index (Phi) is 5.32. The summed E-state index contributed by atoms with van der Waals surface area (Å²) >= 11 is 0. The third-order valence-electron chi connectivity index (χ3n) is 1.98. The van der Waals surface area contributed by atoms with Crippen LogP contribution in [-0.4, -0.2) is 4.75 Å². The molecule has 0 aliphatic heterocycles. The van der Waals surface area contributed by atoms with Crippen molar-refractivity contribution in [2.24, 2.45) is 5.92 Å². The van der Waals surface area contributed by atoms with Gasteiger partial charge in [-0.3, -0.25) is 0 Å². The van der Waals surface area contributed by atoms with E-state index in [0.717, 1.165) is 12.2 Å². The van der Waals surface area contributed by atoms with E-state index in [1.54, 1.807) is 0 Å². The van der Waals surface area contributed by atoms with E-state index in [-0.39, 0.29) is 0 Å². The molecule has 0 atom stereocenters. The monoisotopic (exact) mass is 258 g/mol. The third-order valence-corrected chi connectivity index (χ3v) is 5.24. The van der Waals surface area contributed by atoms with E-state index in [4.69, 9.17) is 4.42 Å². The highest BCUT2D eigenvalue weighted by Gasteiger charge is 2.13. The summed E-state index contributed by atoms with van der Waals surface area (Å²) in [5.41, 5.74) is 2.73. The standard InChI is InChI=1S/C13H22OS2/c1-10(2)6-11-7-14-8-12(11)9-15-16-13(3,4)5/h7-8,10H,6,9H2,1-5H3. The van der Waals surface area contributed by atoms with Crippen LogP contribution in [0.4, 0.5) is 0 Å². The van der Waals surface area contributed by atoms with E-state index in [9.17, 15) is 0 Å². The molecule has 0 fully saturated rings. The van der Waals surface area contributed by atoms with Crippen LogP contribution in [0.15, 0.2) is 16.9 Å². The maximum absolute atomic E-state index is 5.31. The van der Waals surface area contributed by atoms with Crippen molar-refractivity contribution in [3.05, 3.63) is 23.7 Å². The molecular formula is C13H22OS2. The normalized spacial score (nSPS) is 12.4. The lowest BCUT2D eigenvalue weighted by Crippen LogP contribution is -2.04. The second kappa shape index (κ2) is 6.06. The topological polar surface area (TPSA) is 13.1 Å². The fraction of sp³-hybridized carbons (Fsp3) is 0.692. The van der Waals surface area contributed by atoms with E-state index >= 15 is 0 Å².